The molecule has 0 saturated carbocycles. The van der Waals surface area contributed by atoms with E-state index in [4.69, 9.17) is 5.53 Å². The average Bonchev–Trinajstić information content (AvgIpc) is 2.36. The molecule has 0 aliphatic heterocycles. The Bertz CT molecular complexity index is 552. The van der Waals surface area contributed by atoms with Crippen LogP contribution in [-0.2, 0) is 4.79 Å². The number of carbonyl (C=O) groups is 1. The predicted octanol–water partition coefficient (Wildman–Crippen LogP) is 0.175. The van der Waals surface area contributed by atoms with E-state index in [9.17, 15) is 25.0 Å². The largest absolute Gasteiger partial charge is 0.521 e. The molecule has 19 heavy (non-hydrogen) atoms. The monoisotopic (exact) mass is 265 g/mol. The van der Waals surface area contributed by atoms with Crippen molar-refractivity contribution in [3.8, 4) is 0 Å². The van der Waals surface area contributed by atoms with Gasteiger partial charge in [0.1, 0.15) is 15.5 Å². The van der Waals surface area contributed by atoms with Crippen LogP contribution >= 0.6 is 0 Å². The van der Waals surface area contributed by atoms with Crippen molar-refractivity contribution in [2.24, 2.45) is 0 Å². The van der Waals surface area contributed by atoms with Gasteiger partial charge in [0.15, 0.2) is 0 Å². The Balaban J connectivity index is 2.98. The maximum atomic E-state index is 11.5. The van der Waals surface area contributed by atoms with E-state index in [2.05, 4.69) is 10.1 Å². The molecule has 1 aromatic rings. The lowest BCUT2D eigenvalue weighted by atomic mass is 10.2. The van der Waals surface area contributed by atoms with Gasteiger partial charge in [-0.3, -0.25) is 25.0 Å². The van der Waals surface area contributed by atoms with Gasteiger partial charge in [0, 0.05) is 0 Å². The number of rotatable bonds is 5. The second-order valence-electron chi connectivity index (χ2n) is 3.25. The molecule has 1 N–H and O–H groups in total. The molecule has 1 rings (SSSR count). The zero-order valence-electron chi connectivity index (χ0n) is 9.29. The molecule has 0 aliphatic rings. The van der Waals surface area contributed by atoms with E-state index in [1.165, 1.54) is 12.1 Å². The van der Waals surface area contributed by atoms with Crippen molar-refractivity contribution in [1.29, 1.82) is 0 Å². The van der Waals surface area contributed by atoms with Gasteiger partial charge in [-0.15, -0.1) is 0 Å². The summed E-state index contributed by atoms with van der Waals surface area (Å²) in [5.41, 5.74) is 8.92. The topological polar surface area (TPSA) is 152 Å². The van der Waals surface area contributed by atoms with E-state index in [1.807, 2.05) is 0 Å². The fourth-order valence-electron chi connectivity index (χ4n) is 1.18. The smallest absolute Gasteiger partial charge is 0.497 e. The van der Waals surface area contributed by atoms with Crippen molar-refractivity contribution in [2.45, 2.75) is 6.17 Å². The number of nitrogens with zero attached hydrogens (tertiary/aromatic N) is 4. The fourth-order valence-corrected chi connectivity index (χ4v) is 1.18. The van der Waals surface area contributed by atoms with Gasteiger partial charge in [-0.05, 0) is 12.1 Å². The number of anilines is 1. The van der Waals surface area contributed by atoms with Gasteiger partial charge >= 0.3 is 17.8 Å². The SMILES string of the molecule is [N-]=[N+]=C(Nc1ccccc1)C(=O)C([N+](=O)[O-])[N+](=O)[O-]. The first-order valence-electron chi connectivity index (χ1n) is 4.82. The highest BCUT2D eigenvalue weighted by Gasteiger charge is 2.48. The summed E-state index contributed by atoms with van der Waals surface area (Å²) >= 11 is 0. The van der Waals surface area contributed by atoms with Gasteiger partial charge < -0.3 is 10.3 Å². The van der Waals surface area contributed by atoms with Crippen LogP contribution in [0.4, 0.5) is 5.69 Å². The minimum atomic E-state index is -2.72. The van der Waals surface area contributed by atoms with Gasteiger partial charge in [0.2, 0.25) is 0 Å². The number of benzene rings is 1. The fraction of sp³-hybridized carbons (Fsp3) is 0.111. The van der Waals surface area contributed by atoms with Crippen molar-refractivity contribution < 1.29 is 19.4 Å². The molecular weight excluding hydrogens is 258 g/mol. The third-order valence-electron chi connectivity index (χ3n) is 2.00. The molecule has 0 spiro atoms. The molecule has 0 aliphatic carbocycles. The highest BCUT2D eigenvalue weighted by molar-refractivity contribution is 6.41. The maximum Gasteiger partial charge on any atom is 0.521 e. The van der Waals surface area contributed by atoms with Gasteiger partial charge in [0.05, 0.1) is 0 Å². The molecule has 0 atom stereocenters. The van der Waals surface area contributed by atoms with E-state index < -0.39 is 27.6 Å². The van der Waals surface area contributed by atoms with Crippen LogP contribution in [0, 0.1) is 20.2 Å². The Morgan fingerprint density at radius 3 is 2.16 bits per heavy atom. The summed E-state index contributed by atoms with van der Waals surface area (Å²) in [6.07, 6.45) is -2.72. The second-order valence-corrected chi connectivity index (χ2v) is 3.25. The van der Waals surface area contributed by atoms with Crippen molar-refractivity contribution in [3.63, 3.8) is 0 Å². The number of carbonyl (C=O) groups excluding carboxylic acids is 1. The molecule has 0 bridgehead atoms. The molecule has 0 unspecified atom stereocenters. The molecule has 0 radical (unpaired) electrons. The minimum absolute atomic E-state index is 0.286. The first-order chi connectivity index (χ1) is 8.97. The lowest BCUT2D eigenvalue weighted by Gasteiger charge is -2.00. The first-order valence-corrected chi connectivity index (χ1v) is 4.82. The second kappa shape index (κ2) is 5.98. The third-order valence-corrected chi connectivity index (χ3v) is 2.00. The van der Waals surface area contributed by atoms with E-state index in [0.29, 0.717) is 0 Å². The van der Waals surface area contributed by atoms with Gasteiger partial charge in [0.25, 0.3) is 0 Å². The lowest BCUT2D eigenvalue weighted by Crippen LogP contribution is -2.44. The third kappa shape index (κ3) is 3.41. The van der Waals surface area contributed by atoms with Crippen LogP contribution in [0.3, 0.4) is 0 Å². The summed E-state index contributed by atoms with van der Waals surface area (Å²) in [5, 5.41) is 23.1. The Morgan fingerprint density at radius 2 is 1.74 bits per heavy atom. The highest BCUT2D eigenvalue weighted by atomic mass is 16.7. The molecule has 0 amide bonds. The Morgan fingerprint density at radius 1 is 1.21 bits per heavy atom. The highest BCUT2D eigenvalue weighted by Crippen LogP contribution is 2.06. The summed E-state index contributed by atoms with van der Waals surface area (Å²) in [6, 6.07) is 7.79. The van der Waals surface area contributed by atoms with Crippen molar-refractivity contribution in [3.05, 3.63) is 56.1 Å². The summed E-state index contributed by atoms with van der Waals surface area (Å²) in [5.74, 6) is -2.44. The van der Waals surface area contributed by atoms with Crippen molar-refractivity contribution in [1.82, 2.24) is 0 Å². The number of hydrogen-bond acceptors (Lipinski definition) is 5. The van der Waals surface area contributed by atoms with Crippen LogP contribution in [0.5, 0.6) is 0 Å². The van der Waals surface area contributed by atoms with Crippen molar-refractivity contribution in [2.75, 3.05) is 5.32 Å². The number of para-hydroxylation sites is 1. The van der Waals surface area contributed by atoms with Crippen LogP contribution in [-0.4, -0.2) is 32.4 Å². The molecule has 1 aromatic carbocycles. The predicted molar refractivity (Wildman–Crippen MR) is 61.5 cm³/mol. The summed E-state index contributed by atoms with van der Waals surface area (Å²) in [4.78, 5) is 32.2. The number of nitrogens with one attached hydrogen (secondary N) is 1. The van der Waals surface area contributed by atoms with Crippen LogP contribution in [0.2, 0.25) is 0 Å². The van der Waals surface area contributed by atoms with Crippen LogP contribution in [0.25, 0.3) is 5.53 Å². The Hall–Kier alpha value is -3.13. The molecule has 10 heteroatoms. The molecule has 0 fully saturated rings. The number of nitro groups is 2. The molecule has 98 valence electrons. The zero-order valence-corrected chi connectivity index (χ0v) is 9.29. The van der Waals surface area contributed by atoms with Crippen LogP contribution in [0.15, 0.2) is 30.3 Å². The van der Waals surface area contributed by atoms with E-state index in [-0.39, 0.29) is 5.69 Å². The van der Waals surface area contributed by atoms with E-state index >= 15 is 0 Å². The lowest BCUT2D eigenvalue weighted by molar-refractivity contribution is -0.722. The molecule has 0 aromatic heterocycles. The Labute approximate surface area is 105 Å². The first kappa shape index (κ1) is 13.9. The number of ketones is 1. The number of Topliss-reactive ketones (excluding diaryl/α,β-unsaturated/α-hetero) is 1. The average molecular weight is 265 g/mol. The van der Waals surface area contributed by atoms with E-state index in [0.717, 1.165) is 0 Å². The summed E-state index contributed by atoms with van der Waals surface area (Å²) in [6.45, 7) is 0. The molecule has 0 saturated heterocycles. The number of hydrogen-bond donors (Lipinski definition) is 1. The Kier molecular flexibility index (Phi) is 4.39. The maximum absolute atomic E-state index is 11.5. The summed E-state index contributed by atoms with van der Waals surface area (Å²) < 4.78 is 0. The summed E-state index contributed by atoms with van der Waals surface area (Å²) in [7, 11) is 0. The van der Waals surface area contributed by atoms with Crippen LogP contribution in [0.1, 0.15) is 0 Å². The standard InChI is InChI=1S/C9H7N5O5/c10-12-8(11-6-4-2-1-3-5-6)7(15)9(13(16)17)14(18)19/h1-5,9,11H. The van der Waals surface area contributed by atoms with Crippen LogP contribution < -0.4 is 5.32 Å². The van der Waals surface area contributed by atoms with Gasteiger partial charge in [-0.2, -0.15) is 0 Å². The van der Waals surface area contributed by atoms with Gasteiger partial charge in [-0.1, -0.05) is 18.2 Å². The minimum Gasteiger partial charge on any atom is -0.497 e. The van der Waals surface area contributed by atoms with Gasteiger partial charge in [-0.25, -0.2) is 5.32 Å². The van der Waals surface area contributed by atoms with E-state index in [1.54, 1.807) is 18.2 Å². The molecular formula is C9H7N5O5. The zero-order chi connectivity index (χ0) is 14.4. The molecule has 0 heterocycles. The molecule has 10 nitrogen and oxygen atoms in total. The quantitative estimate of drug-likeness (QED) is 0.152. The number of amidine groups is 1. The van der Waals surface area contributed by atoms with Crippen molar-refractivity contribution >= 4 is 17.3 Å². The normalized spacial score (nSPS) is 9.53.